The molecule has 2 N–H and O–H groups in total. The molecule has 0 bridgehead atoms. The highest BCUT2D eigenvalue weighted by Crippen LogP contribution is 2.29. The van der Waals surface area contributed by atoms with Crippen LogP contribution in [0.4, 0.5) is 0 Å². The summed E-state index contributed by atoms with van der Waals surface area (Å²) in [5, 5.41) is 11.7. The van der Waals surface area contributed by atoms with Crippen LogP contribution in [-0.4, -0.2) is 24.2 Å². The molecule has 1 amide bonds. The molecule has 0 saturated heterocycles. The van der Waals surface area contributed by atoms with E-state index in [9.17, 15) is 4.79 Å². The second kappa shape index (κ2) is 7.85. The van der Waals surface area contributed by atoms with Crippen LogP contribution in [-0.2, 0) is 0 Å². The Bertz CT molecular complexity index is 524. The van der Waals surface area contributed by atoms with Crippen LogP contribution in [0.15, 0.2) is 24.3 Å². The van der Waals surface area contributed by atoms with Crippen molar-refractivity contribution in [2.24, 2.45) is 11.8 Å². The van der Waals surface area contributed by atoms with E-state index in [1.54, 1.807) is 12.1 Å². The van der Waals surface area contributed by atoms with Crippen molar-refractivity contribution in [1.29, 1.82) is 0 Å². The summed E-state index contributed by atoms with van der Waals surface area (Å²) < 4.78 is 0. The predicted molar refractivity (Wildman–Crippen MR) is 83.9 cm³/mol. The summed E-state index contributed by atoms with van der Waals surface area (Å²) in [6, 6.07) is 7.29. The molecule has 0 spiro atoms. The predicted octanol–water partition coefficient (Wildman–Crippen LogP) is 2.59. The minimum absolute atomic E-state index is 0.00980. The van der Waals surface area contributed by atoms with Crippen LogP contribution in [0.3, 0.4) is 0 Å². The Kier molecular flexibility index (Phi) is 5.83. The Morgan fingerprint density at radius 3 is 2.71 bits per heavy atom. The third kappa shape index (κ3) is 4.91. The highest BCUT2D eigenvalue weighted by molar-refractivity contribution is 5.94. The molecule has 21 heavy (non-hydrogen) atoms. The lowest BCUT2D eigenvalue weighted by molar-refractivity contribution is 0.0947. The lowest BCUT2D eigenvalue weighted by atomic mass is 10.1. The first-order valence-corrected chi connectivity index (χ1v) is 7.67. The first-order valence-electron chi connectivity index (χ1n) is 7.67. The summed E-state index contributed by atoms with van der Waals surface area (Å²) in [4.78, 5) is 12.1. The lowest BCUT2D eigenvalue weighted by Crippen LogP contribution is -2.28. The number of carbonyl (C=O) groups is 1. The molecular formula is C18H23NO2. The zero-order chi connectivity index (χ0) is 15.1. The number of hydrogen-bond donors (Lipinski definition) is 2. The second-order valence-corrected chi connectivity index (χ2v) is 5.85. The van der Waals surface area contributed by atoms with E-state index in [4.69, 9.17) is 5.11 Å². The van der Waals surface area contributed by atoms with E-state index in [0.717, 1.165) is 18.0 Å². The van der Waals surface area contributed by atoms with Gasteiger partial charge in [0.1, 0.15) is 0 Å². The van der Waals surface area contributed by atoms with Crippen LogP contribution < -0.4 is 5.32 Å². The number of aliphatic hydroxyl groups is 1. The topological polar surface area (TPSA) is 49.3 Å². The fraction of sp³-hybridized carbons (Fsp3) is 0.500. The average molecular weight is 285 g/mol. The van der Waals surface area contributed by atoms with Gasteiger partial charge < -0.3 is 10.4 Å². The van der Waals surface area contributed by atoms with Crippen molar-refractivity contribution in [3.05, 3.63) is 35.4 Å². The first kappa shape index (κ1) is 15.6. The Morgan fingerprint density at radius 2 is 2.10 bits per heavy atom. The molecule has 3 heteroatoms. The molecule has 3 nitrogen and oxygen atoms in total. The number of carbonyl (C=O) groups excluding carboxylic acids is 1. The average Bonchev–Trinajstić information content (AvgIpc) is 2.91. The van der Waals surface area contributed by atoms with Gasteiger partial charge in [0, 0.05) is 24.1 Å². The number of benzene rings is 1. The van der Waals surface area contributed by atoms with Gasteiger partial charge in [0.15, 0.2) is 0 Å². The molecular weight excluding hydrogens is 262 g/mol. The summed E-state index contributed by atoms with van der Waals surface area (Å²) in [6.07, 6.45) is 4.20. The van der Waals surface area contributed by atoms with E-state index in [0.29, 0.717) is 17.9 Å². The van der Waals surface area contributed by atoms with Gasteiger partial charge in [0.2, 0.25) is 0 Å². The van der Waals surface area contributed by atoms with Crippen molar-refractivity contribution in [3.8, 4) is 11.8 Å². The Morgan fingerprint density at radius 1 is 1.33 bits per heavy atom. The maximum Gasteiger partial charge on any atom is 0.251 e. The number of nitrogens with one attached hydrogen (secondary N) is 1. The summed E-state index contributed by atoms with van der Waals surface area (Å²) in [6.45, 7) is 3.13. The normalized spacial score (nSPS) is 20.7. The third-order valence-electron chi connectivity index (χ3n) is 3.97. The van der Waals surface area contributed by atoms with Crippen LogP contribution in [0.1, 0.15) is 48.5 Å². The molecule has 1 aliphatic carbocycles. The van der Waals surface area contributed by atoms with Crippen LogP contribution >= 0.6 is 0 Å². The van der Waals surface area contributed by atoms with Crippen molar-refractivity contribution in [2.75, 3.05) is 13.2 Å². The summed E-state index contributed by atoms with van der Waals surface area (Å²) in [5.41, 5.74) is 1.54. The van der Waals surface area contributed by atoms with Crippen LogP contribution in [0.5, 0.6) is 0 Å². The van der Waals surface area contributed by atoms with E-state index >= 15 is 0 Å². The van der Waals surface area contributed by atoms with Gasteiger partial charge in [0.25, 0.3) is 5.91 Å². The number of hydrogen-bond acceptors (Lipinski definition) is 2. The third-order valence-corrected chi connectivity index (χ3v) is 3.97. The lowest BCUT2D eigenvalue weighted by Gasteiger charge is -2.11. The van der Waals surface area contributed by atoms with Crippen molar-refractivity contribution in [1.82, 2.24) is 5.32 Å². The smallest absolute Gasteiger partial charge is 0.251 e. The fourth-order valence-electron chi connectivity index (χ4n) is 2.77. The monoisotopic (exact) mass is 285 g/mol. The van der Waals surface area contributed by atoms with Crippen LogP contribution in [0.2, 0.25) is 0 Å². The maximum atomic E-state index is 12.1. The van der Waals surface area contributed by atoms with E-state index in [1.165, 1.54) is 19.3 Å². The molecule has 1 aromatic rings. The molecule has 0 heterocycles. The van der Waals surface area contributed by atoms with Gasteiger partial charge in [-0.2, -0.15) is 0 Å². The molecule has 2 atom stereocenters. The van der Waals surface area contributed by atoms with Gasteiger partial charge in [-0.3, -0.25) is 4.79 Å². The van der Waals surface area contributed by atoms with Gasteiger partial charge in [-0.25, -0.2) is 0 Å². The van der Waals surface area contributed by atoms with E-state index in [2.05, 4.69) is 24.1 Å². The molecule has 2 rings (SSSR count). The van der Waals surface area contributed by atoms with Crippen LogP contribution in [0.25, 0.3) is 0 Å². The number of amides is 1. The summed E-state index contributed by atoms with van der Waals surface area (Å²) in [5.74, 6) is 7.23. The van der Waals surface area contributed by atoms with Gasteiger partial charge in [0.05, 0.1) is 6.61 Å². The molecule has 1 aromatic carbocycles. The molecule has 0 radical (unpaired) electrons. The highest BCUT2D eigenvalue weighted by Gasteiger charge is 2.21. The number of aliphatic hydroxyl groups excluding tert-OH is 1. The quantitative estimate of drug-likeness (QED) is 0.835. The molecule has 112 valence electrons. The SMILES string of the molecule is CC1CCC(CNC(=O)c2ccc(C#CCCO)cc2)C1. The summed E-state index contributed by atoms with van der Waals surface area (Å²) in [7, 11) is 0. The Balaban J connectivity index is 1.84. The zero-order valence-electron chi connectivity index (χ0n) is 12.6. The summed E-state index contributed by atoms with van der Waals surface area (Å²) >= 11 is 0. The molecule has 0 aromatic heterocycles. The largest absolute Gasteiger partial charge is 0.395 e. The Hall–Kier alpha value is -1.79. The standard InChI is InChI=1S/C18H23NO2/c1-14-5-6-16(12-14)13-19-18(21)17-9-7-15(8-10-17)4-2-3-11-20/h7-10,14,16,20H,3,5-6,11-13H2,1H3,(H,19,21). The Labute approximate surface area is 126 Å². The van der Waals surface area contributed by atoms with E-state index < -0.39 is 0 Å². The van der Waals surface area contributed by atoms with Crippen molar-refractivity contribution >= 4 is 5.91 Å². The van der Waals surface area contributed by atoms with Gasteiger partial charge in [-0.1, -0.05) is 25.2 Å². The fourth-order valence-corrected chi connectivity index (χ4v) is 2.77. The molecule has 2 unspecified atom stereocenters. The first-order chi connectivity index (χ1) is 10.2. The maximum absolute atomic E-state index is 12.1. The molecule has 0 aliphatic heterocycles. The van der Waals surface area contributed by atoms with E-state index in [-0.39, 0.29) is 12.5 Å². The van der Waals surface area contributed by atoms with Crippen molar-refractivity contribution in [3.63, 3.8) is 0 Å². The second-order valence-electron chi connectivity index (χ2n) is 5.85. The zero-order valence-corrected chi connectivity index (χ0v) is 12.6. The minimum Gasteiger partial charge on any atom is -0.395 e. The van der Waals surface area contributed by atoms with E-state index in [1.807, 2.05) is 12.1 Å². The van der Waals surface area contributed by atoms with Crippen LogP contribution in [0, 0.1) is 23.7 Å². The highest BCUT2D eigenvalue weighted by atomic mass is 16.2. The van der Waals surface area contributed by atoms with Gasteiger partial charge >= 0.3 is 0 Å². The minimum atomic E-state index is -0.00980. The van der Waals surface area contributed by atoms with Gasteiger partial charge in [-0.15, -0.1) is 0 Å². The molecule has 1 fully saturated rings. The van der Waals surface area contributed by atoms with Gasteiger partial charge in [-0.05, 0) is 48.9 Å². The molecule has 1 saturated carbocycles. The van der Waals surface area contributed by atoms with Crippen molar-refractivity contribution in [2.45, 2.75) is 32.6 Å². The molecule has 1 aliphatic rings. The van der Waals surface area contributed by atoms with Crippen molar-refractivity contribution < 1.29 is 9.90 Å². The number of rotatable bonds is 4.